The number of methoxy groups -OCH3 is 1. The van der Waals surface area contributed by atoms with Gasteiger partial charge in [0, 0.05) is 19.0 Å². The molecule has 1 aliphatic rings. The third-order valence-corrected chi connectivity index (χ3v) is 6.02. The highest BCUT2D eigenvalue weighted by Gasteiger charge is 2.30. The number of amides is 1. The smallest absolute Gasteiger partial charge is 0.338 e. The van der Waals surface area contributed by atoms with Crippen LogP contribution in [0.4, 0.5) is 0 Å². The van der Waals surface area contributed by atoms with Crippen LogP contribution in [0.5, 0.6) is 0 Å². The van der Waals surface area contributed by atoms with E-state index in [0.29, 0.717) is 24.4 Å². The number of piperidine rings is 1. The summed E-state index contributed by atoms with van der Waals surface area (Å²) in [4.78, 5) is 27.2. The molecule has 0 aliphatic carbocycles. The van der Waals surface area contributed by atoms with E-state index in [4.69, 9.17) is 9.47 Å². The summed E-state index contributed by atoms with van der Waals surface area (Å²) in [5.41, 5.74) is 0.441. The highest BCUT2D eigenvalue weighted by molar-refractivity contribution is 6.05. The van der Waals surface area contributed by atoms with Crippen molar-refractivity contribution in [2.45, 2.75) is 65.9 Å². The SMILES string of the molecule is CCC/C=C(/O/C(C)=C(\C)C(C)(C)O)C1CCCN(C(=O)c2ccccc2C(=O)OC)C1. The number of hydrogen-bond acceptors (Lipinski definition) is 5. The molecule has 1 fully saturated rings. The second-order valence-corrected chi connectivity index (χ2v) is 8.86. The van der Waals surface area contributed by atoms with Crippen LogP contribution >= 0.6 is 0 Å². The van der Waals surface area contributed by atoms with Gasteiger partial charge in [-0.2, -0.15) is 0 Å². The number of rotatable bonds is 8. The van der Waals surface area contributed by atoms with Crippen LogP contribution in [0.1, 0.15) is 81.0 Å². The summed E-state index contributed by atoms with van der Waals surface area (Å²) < 4.78 is 11.1. The molecule has 0 spiro atoms. The molecule has 1 aromatic rings. The van der Waals surface area contributed by atoms with Gasteiger partial charge in [-0.3, -0.25) is 4.79 Å². The zero-order valence-electron chi connectivity index (χ0n) is 20.2. The molecule has 1 N–H and O–H groups in total. The number of nitrogens with zero attached hydrogens (tertiary/aromatic N) is 1. The van der Waals surface area contributed by atoms with E-state index in [2.05, 4.69) is 13.0 Å². The molecule has 6 nitrogen and oxygen atoms in total. The Morgan fingerprint density at radius 1 is 1.22 bits per heavy atom. The maximum atomic E-state index is 13.3. The zero-order chi connectivity index (χ0) is 23.9. The summed E-state index contributed by atoms with van der Waals surface area (Å²) in [5, 5.41) is 10.3. The van der Waals surface area contributed by atoms with Gasteiger partial charge in [0.15, 0.2) is 0 Å². The van der Waals surface area contributed by atoms with E-state index >= 15 is 0 Å². The van der Waals surface area contributed by atoms with Crippen molar-refractivity contribution in [3.05, 3.63) is 58.6 Å². The number of ether oxygens (including phenoxy) is 2. The first-order chi connectivity index (χ1) is 15.1. The van der Waals surface area contributed by atoms with E-state index in [1.165, 1.54) is 7.11 Å². The molecule has 0 radical (unpaired) electrons. The Kier molecular flexibility index (Phi) is 9.08. The molecule has 1 saturated heterocycles. The number of benzene rings is 1. The largest absolute Gasteiger partial charge is 0.466 e. The molecule has 1 unspecified atom stereocenters. The summed E-state index contributed by atoms with van der Waals surface area (Å²) in [6, 6.07) is 6.76. The number of esters is 1. The van der Waals surface area contributed by atoms with Crippen LogP contribution in [0.15, 0.2) is 47.4 Å². The minimum Gasteiger partial charge on any atom is -0.466 e. The lowest BCUT2D eigenvalue weighted by Crippen LogP contribution is -2.41. The highest BCUT2D eigenvalue weighted by atomic mass is 16.5. The summed E-state index contributed by atoms with van der Waals surface area (Å²) in [5.74, 6) is 0.878. The molecule has 0 aromatic heterocycles. The number of aliphatic hydroxyl groups is 1. The Balaban J connectivity index is 2.27. The molecule has 6 heteroatoms. The number of likely N-dealkylation sites (tertiary alicyclic amines) is 1. The van der Waals surface area contributed by atoms with Gasteiger partial charge < -0.3 is 19.5 Å². The van der Waals surface area contributed by atoms with Crippen molar-refractivity contribution in [2.24, 2.45) is 5.92 Å². The van der Waals surface area contributed by atoms with Crippen molar-refractivity contribution in [2.75, 3.05) is 20.2 Å². The summed E-state index contributed by atoms with van der Waals surface area (Å²) >= 11 is 0. The van der Waals surface area contributed by atoms with Crippen LogP contribution in [0, 0.1) is 5.92 Å². The van der Waals surface area contributed by atoms with E-state index in [-0.39, 0.29) is 17.4 Å². The fraction of sp³-hybridized carbons (Fsp3) is 0.538. The molecule has 0 saturated carbocycles. The van der Waals surface area contributed by atoms with E-state index in [1.807, 2.05) is 13.8 Å². The van der Waals surface area contributed by atoms with Crippen molar-refractivity contribution in [1.29, 1.82) is 0 Å². The van der Waals surface area contributed by atoms with Gasteiger partial charge in [-0.15, -0.1) is 0 Å². The standard InChI is InChI=1S/C26H37NO5/c1-7-8-15-23(32-19(3)18(2)26(4,5)30)20-12-11-16-27(17-20)24(28)21-13-9-10-14-22(21)25(29)31-6/h9-10,13-15,20,30H,7-8,11-12,16-17H2,1-6H3/b19-18+,23-15+. The van der Waals surface area contributed by atoms with Gasteiger partial charge in [-0.1, -0.05) is 25.5 Å². The van der Waals surface area contributed by atoms with Crippen molar-refractivity contribution in [1.82, 2.24) is 4.90 Å². The summed E-state index contributed by atoms with van der Waals surface area (Å²) in [6.45, 7) is 10.5. The van der Waals surface area contributed by atoms with Crippen LogP contribution < -0.4 is 0 Å². The Bertz CT molecular complexity index is 878. The number of unbranched alkanes of at least 4 members (excludes halogenated alkanes) is 1. The van der Waals surface area contributed by atoms with Gasteiger partial charge in [-0.05, 0) is 70.7 Å². The van der Waals surface area contributed by atoms with E-state index in [0.717, 1.165) is 37.0 Å². The third-order valence-electron chi connectivity index (χ3n) is 6.02. The fourth-order valence-electron chi connectivity index (χ4n) is 3.78. The molecular weight excluding hydrogens is 406 g/mol. The summed E-state index contributed by atoms with van der Waals surface area (Å²) in [7, 11) is 1.31. The molecule has 2 rings (SSSR count). The first kappa shape index (κ1) is 25.7. The molecule has 1 heterocycles. The molecule has 0 bridgehead atoms. The van der Waals surface area contributed by atoms with Crippen LogP contribution in [0.25, 0.3) is 0 Å². The second kappa shape index (κ2) is 11.3. The van der Waals surface area contributed by atoms with Gasteiger partial charge in [0.2, 0.25) is 0 Å². The maximum Gasteiger partial charge on any atom is 0.338 e. The van der Waals surface area contributed by atoms with Gasteiger partial charge in [0.25, 0.3) is 5.91 Å². The zero-order valence-corrected chi connectivity index (χ0v) is 20.2. The minimum atomic E-state index is -0.966. The molecule has 1 amide bonds. The van der Waals surface area contributed by atoms with E-state index in [1.54, 1.807) is 43.0 Å². The quantitative estimate of drug-likeness (QED) is 0.447. The van der Waals surface area contributed by atoms with Crippen molar-refractivity contribution in [3.63, 3.8) is 0 Å². The average molecular weight is 444 g/mol. The van der Waals surface area contributed by atoms with Crippen LogP contribution in [-0.4, -0.2) is 47.7 Å². The molecular formula is C26H37NO5. The van der Waals surface area contributed by atoms with Crippen molar-refractivity contribution < 1.29 is 24.2 Å². The van der Waals surface area contributed by atoms with Crippen molar-refractivity contribution in [3.8, 4) is 0 Å². The van der Waals surface area contributed by atoms with Crippen LogP contribution in [0.2, 0.25) is 0 Å². The fourth-order valence-corrected chi connectivity index (χ4v) is 3.78. The molecule has 176 valence electrons. The maximum absolute atomic E-state index is 13.3. The Morgan fingerprint density at radius 3 is 2.47 bits per heavy atom. The number of carbonyl (C=O) groups excluding carboxylic acids is 2. The molecule has 1 atom stereocenters. The van der Waals surface area contributed by atoms with E-state index in [9.17, 15) is 14.7 Å². The highest BCUT2D eigenvalue weighted by Crippen LogP contribution is 2.30. The van der Waals surface area contributed by atoms with Gasteiger partial charge in [0.1, 0.15) is 11.5 Å². The van der Waals surface area contributed by atoms with Gasteiger partial charge in [0.05, 0.1) is 23.8 Å². The Labute approximate surface area is 191 Å². The predicted octanol–water partition coefficient (Wildman–Crippen LogP) is 5.09. The minimum absolute atomic E-state index is 0.0501. The second-order valence-electron chi connectivity index (χ2n) is 8.86. The molecule has 1 aromatic carbocycles. The number of carbonyl (C=O) groups is 2. The average Bonchev–Trinajstić information content (AvgIpc) is 2.79. The lowest BCUT2D eigenvalue weighted by Gasteiger charge is -2.34. The monoisotopic (exact) mass is 443 g/mol. The topological polar surface area (TPSA) is 76.1 Å². The van der Waals surface area contributed by atoms with E-state index < -0.39 is 11.6 Å². The number of allylic oxidation sites excluding steroid dienone is 2. The number of hydrogen-bond donors (Lipinski definition) is 1. The first-order valence-corrected chi connectivity index (χ1v) is 11.3. The normalized spacial score (nSPS) is 18.2. The molecule has 1 aliphatic heterocycles. The van der Waals surface area contributed by atoms with Gasteiger partial charge in [-0.25, -0.2) is 4.79 Å². The van der Waals surface area contributed by atoms with Crippen LogP contribution in [0.3, 0.4) is 0 Å². The first-order valence-electron chi connectivity index (χ1n) is 11.3. The third kappa shape index (κ3) is 6.45. The molecule has 32 heavy (non-hydrogen) atoms. The Morgan fingerprint density at radius 2 is 1.88 bits per heavy atom. The summed E-state index contributed by atoms with van der Waals surface area (Å²) in [6.07, 6.45) is 5.72. The van der Waals surface area contributed by atoms with Gasteiger partial charge >= 0.3 is 5.97 Å². The lowest BCUT2D eigenvalue weighted by molar-refractivity contribution is 0.0577. The Hall–Kier alpha value is -2.60. The predicted molar refractivity (Wildman–Crippen MR) is 125 cm³/mol. The lowest BCUT2D eigenvalue weighted by atomic mass is 9.93. The van der Waals surface area contributed by atoms with Crippen LogP contribution in [-0.2, 0) is 9.47 Å². The van der Waals surface area contributed by atoms with Crippen molar-refractivity contribution >= 4 is 11.9 Å².